The van der Waals surface area contributed by atoms with Gasteiger partial charge in [-0.05, 0) is 30.7 Å². The minimum Gasteiger partial charge on any atom is -0.366 e. The highest BCUT2D eigenvalue weighted by Gasteiger charge is 2.23. The molecular weight excluding hydrogens is 312 g/mol. The van der Waals surface area contributed by atoms with Crippen molar-refractivity contribution in [3.05, 3.63) is 59.9 Å². The number of pyridine rings is 1. The molecule has 1 saturated heterocycles. The van der Waals surface area contributed by atoms with Crippen LogP contribution >= 0.6 is 0 Å². The second-order valence-electron chi connectivity index (χ2n) is 5.78. The van der Waals surface area contributed by atoms with Crippen molar-refractivity contribution in [2.75, 3.05) is 31.1 Å². The van der Waals surface area contributed by atoms with Crippen LogP contribution in [-0.2, 0) is 11.2 Å². The van der Waals surface area contributed by atoms with E-state index in [0.717, 1.165) is 17.8 Å². The van der Waals surface area contributed by atoms with E-state index in [-0.39, 0.29) is 11.6 Å². The van der Waals surface area contributed by atoms with E-state index in [4.69, 9.17) is 0 Å². The maximum Gasteiger partial charge on any atom is 0.223 e. The van der Waals surface area contributed by atoms with Gasteiger partial charge in [0.1, 0.15) is 11.6 Å². The number of aromatic nitrogens is 1. The van der Waals surface area contributed by atoms with Crippen LogP contribution in [0, 0.1) is 11.6 Å². The number of carbonyl (C=O) groups is 1. The van der Waals surface area contributed by atoms with E-state index in [9.17, 15) is 13.6 Å². The third-order valence-corrected chi connectivity index (χ3v) is 4.20. The van der Waals surface area contributed by atoms with E-state index in [1.54, 1.807) is 16.0 Å². The molecule has 0 bridgehead atoms. The van der Waals surface area contributed by atoms with Crippen LogP contribution in [0.4, 0.5) is 14.5 Å². The third kappa shape index (κ3) is 3.88. The Balaban J connectivity index is 1.53. The second-order valence-corrected chi connectivity index (χ2v) is 5.78. The van der Waals surface area contributed by atoms with Gasteiger partial charge >= 0.3 is 0 Å². The minimum atomic E-state index is -0.458. The molecule has 1 amide bonds. The lowest BCUT2D eigenvalue weighted by Crippen LogP contribution is -2.49. The second kappa shape index (κ2) is 7.38. The van der Waals surface area contributed by atoms with Crippen molar-refractivity contribution >= 4 is 11.6 Å². The Kier molecular flexibility index (Phi) is 5.03. The summed E-state index contributed by atoms with van der Waals surface area (Å²) < 4.78 is 27.1. The first kappa shape index (κ1) is 16.4. The van der Waals surface area contributed by atoms with Gasteiger partial charge in [-0.15, -0.1) is 0 Å². The maximum absolute atomic E-state index is 13.8. The van der Waals surface area contributed by atoms with Crippen LogP contribution in [0.3, 0.4) is 0 Å². The van der Waals surface area contributed by atoms with Crippen molar-refractivity contribution in [1.29, 1.82) is 0 Å². The Morgan fingerprint density at radius 2 is 1.88 bits per heavy atom. The first-order valence-corrected chi connectivity index (χ1v) is 8.01. The van der Waals surface area contributed by atoms with Crippen LogP contribution in [-0.4, -0.2) is 42.0 Å². The summed E-state index contributed by atoms with van der Waals surface area (Å²) in [7, 11) is 0. The molecule has 3 rings (SSSR count). The fourth-order valence-electron chi connectivity index (χ4n) is 2.86. The van der Waals surface area contributed by atoms with Gasteiger partial charge in [-0.3, -0.25) is 9.78 Å². The molecule has 1 aliphatic heterocycles. The molecule has 4 nitrogen and oxygen atoms in total. The number of aryl methyl sites for hydroxylation is 1. The molecule has 0 unspecified atom stereocenters. The molecule has 0 atom stereocenters. The Bertz CT molecular complexity index is 701. The van der Waals surface area contributed by atoms with Crippen molar-refractivity contribution in [3.63, 3.8) is 0 Å². The van der Waals surface area contributed by atoms with E-state index in [2.05, 4.69) is 4.98 Å². The molecule has 24 heavy (non-hydrogen) atoms. The van der Waals surface area contributed by atoms with Crippen molar-refractivity contribution in [2.45, 2.75) is 12.8 Å². The topological polar surface area (TPSA) is 36.4 Å². The Labute approximate surface area is 139 Å². The van der Waals surface area contributed by atoms with Gasteiger partial charge in [-0.25, -0.2) is 8.78 Å². The molecule has 1 aromatic carbocycles. The quantitative estimate of drug-likeness (QED) is 0.864. The summed E-state index contributed by atoms with van der Waals surface area (Å²) in [6, 6.07) is 9.09. The number of rotatable bonds is 4. The molecule has 0 N–H and O–H groups in total. The van der Waals surface area contributed by atoms with E-state index >= 15 is 0 Å². The smallest absolute Gasteiger partial charge is 0.223 e. The summed E-state index contributed by atoms with van der Waals surface area (Å²) in [4.78, 5) is 20.0. The van der Waals surface area contributed by atoms with E-state index in [1.807, 2.05) is 18.2 Å². The highest BCUT2D eigenvalue weighted by molar-refractivity contribution is 5.76. The first-order chi connectivity index (χ1) is 11.6. The number of amides is 1. The van der Waals surface area contributed by atoms with Gasteiger partial charge in [0.25, 0.3) is 0 Å². The lowest BCUT2D eigenvalue weighted by atomic mass is 10.2. The van der Waals surface area contributed by atoms with Gasteiger partial charge in [0.2, 0.25) is 5.91 Å². The number of hydrogen-bond acceptors (Lipinski definition) is 3. The van der Waals surface area contributed by atoms with Crippen LogP contribution in [0.15, 0.2) is 42.6 Å². The normalized spacial score (nSPS) is 14.8. The van der Waals surface area contributed by atoms with Gasteiger partial charge in [-0.1, -0.05) is 6.07 Å². The average molecular weight is 331 g/mol. The van der Waals surface area contributed by atoms with Crippen molar-refractivity contribution in [2.24, 2.45) is 0 Å². The number of anilines is 1. The highest BCUT2D eigenvalue weighted by atomic mass is 19.1. The fourth-order valence-corrected chi connectivity index (χ4v) is 2.86. The van der Waals surface area contributed by atoms with E-state index < -0.39 is 11.6 Å². The molecule has 2 heterocycles. The number of nitrogens with zero attached hydrogens (tertiary/aromatic N) is 3. The molecule has 126 valence electrons. The molecule has 6 heteroatoms. The summed E-state index contributed by atoms with van der Waals surface area (Å²) >= 11 is 0. The predicted molar refractivity (Wildman–Crippen MR) is 87.7 cm³/mol. The van der Waals surface area contributed by atoms with Crippen LogP contribution in [0.5, 0.6) is 0 Å². The monoisotopic (exact) mass is 331 g/mol. The van der Waals surface area contributed by atoms with Gasteiger partial charge < -0.3 is 9.80 Å². The highest BCUT2D eigenvalue weighted by Crippen LogP contribution is 2.22. The van der Waals surface area contributed by atoms with Crippen molar-refractivity contribution in [1.82, 2.24) is 9.88 Å². The first-order valence-electron chi connectivity index (χ1n) is 8.01. The summed E-state index contributed by atoms with van der Waals surface area (Å²) in [5, 5.41) is 0. The van der Waals surface area contributed by atoms with E-state index in [1.165, 1.54) is 6.07 Å². The van der Waals surface area contributed by atoms with Crippen LogP contribution < -0.4 is 4.90 Å². The molecule has 0 radical (unpaired) electrons. The van der Waals surface area contributed by atoms with Gasteiger partial charge in [-0.2, -0.15) is 0 Å². The number of benzene rings is 1. The van der Waals surface area contributed by atoms with Crippen molar-refractivity contribution < 1.29 is 13.6 Å². The molecule has 0 aliphatic carbocycles. The number of carbonyl (C=O) groups excluding carboxylic acids is 1. The van der Waals surface area contributed by atoms with Gasteiger partial charge in [0.05, 0.1) is 5.69 Å². The zero-order valence-corrected chi connectivity index (χ0v) is 13.3. The number of hydrogen-bond donors (Lipinski definition) is 0. The van der Waals surface area contributed by atoms with Gasteiger partial charge in [0.15, 0.2) is 0 Å². The predicted octanol–water partition coefficient (Wildman–Crippen LogP) is 2.64. The SMILES string of the molecule is O=C(CCc1ccccn1)N1CCN(c2cc(F)ccc2F)CC1. The standard InChI is InChI=1S/C18H19F2N3O/c19-14-4-6-16(20)17(13-14)22-9-11-23(12-10-22)18(24)7-5-15-3-1-2-8-21-15/h1-4,6,8,13H,5,7,9-12H2. The lowest BCUT2D eigenvalue weighted by Gasteiger charge is -2.36. The van der Waals surface area contributed by atoms with E-state index in [0.29, 0.717) is 39.0 Å². The summed E-state index contributed by atoms with van der Waals surface area (Å²) in [6.45, 7) is 2.01. The third-order valence-electron chi connectivity index (χ3n) is 4.20. The number of piperazine rings is 1. The summed E-state index contributed by atoms with van der Waals surface area (Å²) in [5.41, 5.74) is 1.15. The molecule has 1 aliphatic rings. The Morgan fingerprint density at radius 3 is 2.58 bits per heavy atom. The largest absolute Gasteiger partial charge is 0.366 e. The summed E-state index contributed by atoms with van der Waals surface area (Å²) in [5.74, 6) is -0.827. The van der Waals surface area contributed by atoms with Crippen LogP contribution in [0.25, 0.3) is 0 Å². The zero-order valence-electron chi connectivity index (χ0n) is 13.3. The molecular formula is C18H19F2N3O. The molecule has 2 aromatic rings. The lowest BCUT2D eigenvalue weighted by molar-refractivity contribution is -0.131. The fraction of sp³-hybridized carbons (Fsp3) is 0.333. The van der Waals surface area contributed by atoms with Gasteiger partial charge in [0, 0.05) is 50.6 Å². The van der Waals surface area contributed by atoms with Crippen LogP contribution in [0.2, 0.25) is 0 Å². The minimum absolute atomic E-state index is 0.0695. The maximum atomic E-state index is 13.8. The number of halogens is 2. The Morgan fingerprint density at radius 1 is 1.08 bits per heavy atom. The molecule has 0 spiro atoms. The average Bonchev–Trinajstić information content (AvgIpc) is 2.63. The zero-order chi connectivity index (χ0) is 16.9. The Hall–Kier alpha value is -2.50. The molecule has 1 fully saturated rings. The van der Waals surface area contributed by atoms with Crippen molar-refractivity contribution in [3.8, 4) is 0 Å². The van der Waals surface area contributed by atoms with Crippen LogP contribution in [0.1, 0.15) is 12.1 Å². The molecule has 0 saturated carbocycles. The summed E-state index contributed by atoms with van der Waals surface area (Å²) in [6.07, 6.45) is 2.73. The molecule has 1 aromatic heterocycles.